The fourth-order valence-corrected chi connectivity index (χ4v) is 2.77. The van der Waals surface area contributed by atoms with Crippen LogP contribution in [0, 0.1) is 5.41 Å². The number of hydrogen-bond donors (Lipinski definition) is 2. The Bertz CT molecular complexity index is 167. The molecule has 90 valence electrons. The fourth-order valence-electron chi connectivity index (χ4n) is 2.77. The number of methoxy groups -OCH3 is 1. The molecular formula is C12H26N2O. The standard InChI is InChI=1S/C12H26N2O/c1-12(8-4-3-5-9-12)11(14-13)7-6-10-15-2/h11,14H,3-10,13H2,1-2H3. The van der Waals surface area contributed by atoms with Crippen LogP contribution >= 0.6 is 0 Å². The Kier molecular flexibility index (Phi) is 5.58. The van der Waals surface area contributed by atoms with Gasteiger partial charge in [-0.05, 0) is 31.1 Å². The molecule has 3 N–H and O–H groups in total. The van der Waals surface area contributed by atoms with Gasteiger partial charge < -0.3 is 4.74 Å². The Morgan fingerprint density at radius 3 is 2.53 bits per heavy atom. The molecule has 0 radical (unpaired) electrons. The van der Waals surface area contributed by atoms with Crippen LogP contribution in [0.1, 0.15) is 51.9 Å². The summed E-state index contributed by atoms with van der Waals surface area (Å²) in [6, 6.07) is 0.452. The highest BCUT2D eigenvalue weighted by Gasteiger charge is 2.34. The summed E-state index contributed by atoms with van der Waals surface area (Å²) in [6.45, 7) is 3.22. The summed E-state index contributed by atoms with van der Waals surface area (Å²) in [5.41, 5.74) is 3.42. The molecular weight excluding hydrogens is 188 g/mol. The summed E-state index contributed by atoms with van der Waals surface area (Å²) in [4.78, 5) is 0. The molecule has 3 heteroatoms. The zero-order valence-corrected chi connectivity index (χ0v) is 10.2. The van der Waals surface area contributed by atoms with E-state index in [-0.39, 0.29) is 0 Å². The van der Waals surface area contributed by atoms with Gasteiger partial charge in [0.15, 0.2) is 0 Å². The number of hydrogen-bond acceptors (Lipinski definition) is 3. The first-order chi connectivity index (χ1) is 7.23. The Morgan fingerprint density at radius 1 is 1.33 bits per heavy atom. The number of ether oxygens (including phenoxy) is 1. The van der Waals surface area contributed by atoms with Crippen LogP contribution < -0.4 is 11.3 Å². The predicted molar refractivity (Wildman–Crippen MR) is 63.4 cm³/mol. The summed E-state index contributed by atoms with van der Waals surface area (Å²) in [5, 5.41) is 0. The van der Waals surface area contributed by atoms with E-state index in [0.717, 1.165) is 19.4 Å². The quantitative estimate of drug-likeness (QED) is 0.405. The van der Waals surface area contributed by atoms with Crippen LogP contribution in [0.2, 0.25) is 0 Å². The normalized spacial score (nSPS) is 22.6. The van der Waals surface area contributed by atoms with Crippen LogP contribution in [0.4, 0.5) is 0 Å². The van der Waals surface area contributed by atoms with Gasteiger partial charge in [0.1, 0.15) is 0 Å². The molecule has 0 aromatic heterocycles. The van der Waals surface area contributed by atoms with Crippen molar-refractivity contribution in [3.8, 4) is 0 Å². The van der Waals surface area contributed by atoms with Gasteiger partial charge in [-0.1, -0.05) is 26.2 Å². The van der Waals surface area contributed by atoms with Gasteiger partial charge in [-0.3, -0.25) is 11.3 Å². The van der Waals surface area contributed by atoms with E-state index in [2.05, 4.69) is 12.3 Å². The van der Waals surface area contributed by atoms with E-state index >= 15 is 0 Å². The maximum atomic E-state index is 5.68. The maximum Gasteiger partial charge on any atom is 0.0462 e. The largest absolute Gasteiger partial charge is 0.385 e. The Balaban J connectivity index is 2.40. The monoisotopic (exact) mass is 214 g/mol. The van der Waals surface area contributed by atoms with Crippen LogP contribution in [0.25, 0.3) is 0 Å². The van der Waals surface area contributed by atoms with E-state index < -0.39 is 0 Å². The molecule has 15 heavy (non-hydrogen) atoms. The molecule has 1 saturated carbocycles. The highest BCUT2D eigenvalue weighted by Crippen LogP contribution is 2.39. The van der Waals surface area contributed by atoms with Crippen molar-refractivity contribution in [2.24, 2.45) is 11.3 Å². The Labute approximate surface area is 93.7 Å². The van der Waals surface area contributed by atoms with E-state index in [1.54, 1.807) is 7.11 Å². The number of nitrogens with one attached hydrogen (secondary N) is 1. The summed E-state index contributed by atoms with van der Waals surface area (Å²) in [6.07, 6.45) is 8.97. The number of rotatable bonds is 6. The summed E-state index contributed by atoms with van der Waals surface area (Å²) < 4.78 is 5.09. The Hall–Kier alpha value is -0.120. The van der Waals surface area contributed by atoms with Gasteiger partial charge >= 0.3 is 0 Å². The van der Waals surface area contributed by atoms with Crippen LogP contribution in [0.5, 0.6) is 0 Å². The van der Waals surface area contributed by atoms with E-state index in [9.17, 15) is 0 Å². The molecule has 0 aliphatic heterocycles. The van der Waals surface area contributed by atoms with Gasteiger partial charge in [0.25, 0.3) is 0 Å². The molecule has 0 bridgehead atoms. The molecule has 3 nitrogen and oxygen atoms in total. The first-order valence-corrected chi connectivity index (χ1v) is 6.18. The van der Waals surface area contributed by atoms with Gasteiger partial charge in [-0.15, -0.1) is 0 Å². The minimum absolute atomic E-state index is 0.404. The lowest BCUT2D eigenvalue weighted by Gasteiger charge is -2.40. The average molecular weight is 214 g/mol. The topological polar surface area (TPSA) is 47.3 Å². The van der Waals surface area contributed by atoms with Crippen molar-refractivity contribution < 1.29 is 4.74 Å². The molecule has 0 saturated heterocycles. The van der Waals surface area contributed by atoms with E-state index in [0.29, 0.717) is 11.5 Å². The summed E-state index contributed by atoms with van der Waals surface area (Å²) in [5.74, 6) is 5.68. The zero-order chi connectivity index (χ0) is 11.1. The number of nitrogens with two attached hydrogens (primary N) is 1. The third-order valence-corrected chi connectivity index (χ3v) is 3.88. The lowest BCUT2D eigenvalue weighted by molar-refractivity contribution is 0.123. The highest BCUT2D eigenvalue weighted by atomic mass is 16.5. The summed E-state index contributed by atoms with van der Waals surface area (Å²) >= 11 is 0. The minimum atomic E-state index is 0.404. The first-order valence-electron chi connectivity index (χ1n) is 6.18. The second-order valence-corrected chi connectivity index (χ2v) is 5.07. The Morgan fingerprint density at radius 2 is 2.00 bits per heavy atom. The second-order valence-electron chi connectivity index (χ2n) is 5.07. The van der Waals surface area contributed by atoms with Gasteiger partial charge in [0.05, 0.1) is 0 Å². The van der Waals surface area contributed by atoms with Crippen LogP contribution in [-0.2, 0) is 4.74 Å². The molecule has 0 amide bonds. The van der Waals surface area contributed by atoms with Crippen molar-refractivity contribution in [2.45, 2.75) is 57.9 Å². The lowest BCUT2D eigenvalue weighted by Crippen LogP contribution is -2.48. The smallest absolute Gasteiger partial charge is 0.0462 e. The minimum Gasteiger partial charge on any atom is -0.385 e. The molecule has 1 aliphatic carbocycles. The van der Waals surface area contributed by atoms with Crippen molar-refractivity contribution in [1.29, 1.82) is 0 Å². The van der Waals surface area contributed by atoms with E-state index in [4.69, 9.17) is 10.6 Å². The fraction of sp³-hybridized carbons (Fsp3) is 1.00. The maximum absolute atomic E-state index is 5.68. The van der Waals surface area contributed by atoms with E-state index in [1.165, 1.54) is 32.1 Å². The zero-order valence-electron chi connectivity index (χ0n) is 10.2. The average Bonchev–Trinajstić information content (AvgIpc) is 2.25. The second kappa shape index (κ2) is 6.46. The van der Waals surface area contributed by atoms with Gasteiger partial charge in [0.2, 0.25) is 0 Å². The molecule has 0 heterocycles. The van der Waals surface area contributed by atoms with Crippen molar-refractivity contribution in [1.82, 2.24) is 5.43 Å². The van der Waals surface area contributed by atoms with Gasteiger partial charge in [-0.2, -0.15) is 0 Å². The predicted octanol–water partition coefficient (Wildman–Crippen LogP) is 2.22. The SMILES string of the molecule is COCCCC(NN)C1(C)CCCCC1. The molecule has 1 aliphatic rings. The van der Waals surface area contributed by atoms with Crippen LogP contribution in [0.3, 0.4) is 0 Å². The first kappa shape index (κ1) is 12.9. The number of hydrazine groups is 1. The third kappa shape index (κ3) is 3.74. The van der Waals surface area contributed by atoms with Crippen molar-refractivity contribution in [2.75, 3.05) is 13.7 Å². The van der Waals surface area contributed by atoms with Crippen LogP contribution in [-0.4, -0.2) is 19.8 Å². The van der Waals surface area contributed by atoms with Crippen molar-refractivity contribution in [3.63, 3.8) is 0 Å². The molecule has 0 aromatic rings. The van der Waals surface area contributed by atoms with Crippen LogP contribution in [0.15, 0.2) is 0 Å². The molecule has 0 spiro atoms. The van der Waals surface area contributed by atoms with Gasteiger partial charge in [-0.25, -0.2) is 0 Å². The molecule has 1 rings (SSSR count). The molecule has 1 unspecified atom stereocenters. The third-order valence-electron chi connectivity index (χ3n) is 3.88. The van der Waals surface area contributed by atoms with Crippen molar-refractivity contribution >= 4 is 0 Å². The summed E-state index contributed by atoms with van der Waals surface area (Å²) in [7, 11) is 1.76. The van der Waals surface area contributed by atoms with E-state index in [1.807, 2.05) is 0 Å². The lowest BCUT2D eigenvalue weighted by atomic mass is 9.69. The molecule has 1 fully saturated rings. The molecule has 0 aromatic carbocycles. The van der Waals surface area contributed by atoms with Gasteiger partial charge in [0, 0.05) is 19.8 Å². The molecule has 1 atom stereocenters. The van der Waals surface area contributed by atoms with Crippen molar-refractivity contribution in [3.05, 3.63) is 0 Å². The highest BCUT2D eigenvalue weighted by molar-refractivity contribution is 4.88.